The number of nitriles is 2. The second kappa shape index (κ2) is 12.8. The van der Waals surface area contributed by atoms with E-state index in [1.807, 2.05) is 54.6 Å². The van der Waals surface area contributed by atoms with Gasteiger partial charge in [0.1, 0.15) is 28.4 Å². The molecule has 62 heavy (non-hydrogen) atoms. The summed E-state index contributed by atoms with van der Waals surface area (Å²) in [5.74, 6) is 0. The van der Waals surface area contributed by atoms with Crippen LogP contribution in [-0.4, -0.2) is 9.13 Å². The van der Waals surface area contributed by atoms with Crippen molar-refractivity contribution in [3.8, 4) is 45.8 Å². The minimum absolute atomic E-state index is 0.371. The molecule has 6 heteroatoms. The highest BCUT2D eigenvalue weighted by atomic mass is 16.3. The Morgan fingerprint density at radius 2 is 0.855 bits per heavy atom. The lowest BCUT2D eigenvalue weighted by Gasteiger charge is -2.19. The molecule has 0 amide bonds. The summed E-state index contributed by atoms with van der Waals surface area (Å²) in [4.78, 5) is 0. The van der Waals surface area contributed by atoms with Gasteiger partial charge in [0.15, 0.2) is 0 Å². The van der Waals surface area contributed by atoms with E-state index in [1.165, 1.54) is 0 Å². The van der Waals surface area contributed by atoms with Gasteiger partial charge in [-0.1, -0.05) is 109 Å². The molecule has 0 saturated carbocycles. The van der Waals surface area contributed by atoms with E-state index < -0.39 is 0 Å². The number of furan rings is 2. The van der Waals surface area contributed by atoms with Crippen LogP contribution in [0.25, 0.3) is 121 Å². The maximum Gasteiger partial charge on any atom is 0.145 e. The van der Waals surface area contributed by atoms with Crippen molar-refractivity contribution in [3.05, 3.63) is 193 Å². The van der Waals surface area contributed by atoms with Crippen LogP contribution in [0, 0.1) is 22.7 Å². The van der Waals surface area contributed by atoms with Crippen LogP contribution in [-0.2, 0) is 0 Å². The second-order valence-electron chi connectivity index (χ2n) is 15.9. The molecule has 9 aromatic carbocycles. The zero-order valence-corrected chi connectivity index (χ0v) is 32.9. The van der Waals surface area contributed by atoms with Crippen LogP contribution >= 0.6 is 0 Å². The first-order valence-corrected chi connectivity index (χ1v) is 20.5. The van der Waals surface area contributed by atoms with Gasteiger partial charge in [0.05, 0.1) is 61.4 Å². The van der Waals surface area contributed by atoms with Crippen LogP contribution in [0.3, 0.4) is 0 Å². The predicted molar refractivity (Wildman–Crippen MR) is 250 cm³/mol. The Hall–Kier alpha value is -8.84. The monoisotopic (exact) mass is 790 g/mol. The van der Waals surface area contributed by atoms with Gasteiger partial charge in [-0.15, -0.1) is 0 Å². The maximum atomic E-state index is 11.2. The Balaban J connectivity index is 1.20. The molecule has 0 N–H and O–H groups in total. The lowest BCUT2D eigenvalue weighted by atomic mass is 10.0. The highest BCUT2D eigenvalue weighted by molar-refractivity contribution is 6.26. The Morgan fingerprint density at radius 1 is 0.371 bits per heavy atom. The average molecular weight is 791 g/mol. The van der Waals surface area contributed by atoms with Crippen LogP contribution in [0.5, 0.6) is 0 Å². The molecular weight excluding hydrogens is 761 g/mol. The van der Waals surface area contributed by atoms with Gasteiger partial charge in [0, 0.05) is 32.3 Å². The number of para-hydroxylation sites is 2. The number of fused-ring (bicyclic) bond motifs is 14. The first kappa shape index (κ1) is 34.1. The largest absolute Gasteiger partial charge is 0.455 e. The number of benzene rings is 9. The molecule has 0 aliphatic rings. The Morgan fingerprint density at radius 3 is 1.39 bits per heavy atom. The molecule has 4 aromatic heterocycles. The van der Waals surface area contributed by atoms with Crippen molar-refractivity contribution in [1.29, 1.82) is 10.5 Å². The molecule has 0 atom stereocenters. The van der Waals surface area contributed by atoms with Crippen molar-refractivity contribution in [2.24, 2.45) is 0 Å². The van der Waals surface area contributed by atoms with Crippen LogP contribution in [0.15, 0.2) is 191 Å². The minimum Gasteiger partial charge on any atom is -0.455 e. The summed E-state index contributed by atoms with van der Waals surface area (Å²) >= 11 is 0. The normalized spacial score (nSPS) is 11.8. The van der Waals surface area contributed by atoms with E-state index >= 15 is 0 Å². The van der Waals surface area contributed by atoms with Gasteiger partial charge in [0.25, 0.3) is 0 Å². The van der Waals surface area contributed by atoms with Crippen LogP contribution in [0.2, 0.25) is 0 Å². The third-order valence-electron chi connectivity index (χ3n) is 12.6. The van der Waals surface area contributed by atoms with E-state index in [0.717, 1.165) is 110 Å². The third kappa shape index (κ3) is 4.72. The summed E-state index contributed by atoms with van der Waals surface area (Å²) < 4.78 is 17.9. The molecule has 0 aliphatic carbocycles. The number of rotatable bonds is 4. The average Bonchev–Trinajstić information content (AvgIpc) is 4.08. The van der Waals surface area contributed by atoms with Crippen molar-refractivity contribution in [3.63, 3.8) is 0 Å². The van der Waals surface area contributed by atoms with Crippen molar-refractivity contribution in [2.75, 3.05) is 0 Å². The van der Waals surface area contributed by atoms with Gasteiger partial charge < -0.3 is 18.0 Å². The van der Waals surface area contributed by atoms with Crippen molar-refractivity contribution >= 4 is 87.5 Å². The highest BCUT2D eigenvalue weighted by Gasteiger charge is 2.27. The fourth-order valence-electron chi connectivity index (χ4n) is 9.87. The van der Waals surface area contributed by atoms with Gasteiger partial charge in [-0.05, 0) is 95.1 Å². The maximum absolute atomic E-state index is 11.2. The molecule has 0 saturated heterocycles. The summed E-state index contributed by atoms with van der Waals surface area (Å²) in [5.41, 5.74) is 13.2. The van der Waals surface area contributed by atoms with Gasteiger partial charge in [-0.2, -0.15) is 10.5 Å². The Kier molecular flexibility index (Phi) is 7.05. The number of nitrogens with zero attached hydrogens (tertiary/aromatic N) is 4. The lowest BCUT2D eigenvalue weighted by Crippen LogP contribution is -2.07. The number of hydrogen-bond donors (Lipinski definition) is 0. The summed E-state index contributed by atoms with van der Waals surface area (Å²) in [5, 5.41) is 29.7. The quantitative estimate of drug-likeness (QED) is 0.178. The van der Waals surface area contributed by atoms with E-state index in [-0.39, 0.29) is 0 Å². The van der Waals surface area contributed by atoms with E-state index in [2.05, 4.69) is 143 Å². The molecule has 0 spiro atoms. The Bertz CT molecular complexity index is 4110. The standard InChI is InChI=1S/C56H30N4O2/c57-31-33-27-38(32-58)54(60-46-24-20-37(35-13-5-2-6-14-35)30-44(46)53-48(60)26-22-42-40-16-8-10-18-51(40)62-56(42)53)49(28-33)59-45-23-19-36(34-11-3-1-4-12-34)29-43(45)52-47(59)25-21-41-39-15-7-9-17-50(39)61-55(41)52/h1-30H. The lowest BCUT2D eigenvalue weighted by molar-refractivity contribution is 0.672. The summed E-state index contributed by atoms with van der Waals surface area (Å²) in [6.45, 7) is 0. The fraction of sp³-hybridized carbons (Fsp3) is 0. The van der Waals surface area contributed by atoms with E-state index in [9.17, 15) is 10.5 Å². The Labute approximate surface area is 353 Å². The van der Waals surface area contributed by atoms with Crippen molar-refractivity contribution in [2.45, 2.75) is 0 Å². The molecule has 13 rings (SSSR count). The molecule has 13 aromatic rings. The van der Waals surface area contributed by atoms with Crippen molar-refractivity contribution in [1.82, 2.24) is 9.13 Å². The van der Waals surface area contributed by atoms with Gasteiger partial charge in [0.2, 0.25) is 0 Å². The molecule has 0 bridgehead atoms. The van der Waals surface area contributed by atoms with Crippen LogP contribution in [0.1, 0.15) is 11.1 Å². The molecule has 0 fully saturated rings. The fourth-order valence-corrected chi connectivity index (χ4v) is 9.87. The zero-order chi connectivity index (χ0) is 41.1. The predicted octanol–water partition coefficient (Wildman–Crippen LogP) is 14.8. The van der Waals surface area contributed by atoms with Crippen molar-refractivity contribution < 1.29 is 8.83 Å². The summed E-state index contributed by atoms with van der Waals surface area (Å²) in [7, 11) is 0. The molecule has 0 radical (unpaired) electrons. The first-order valence-electron chi connectivity index (χ1n) is 20.5. The number of hydrogen-bond acceptors (Lipinski definition) is 4. The topological polar surface area (TPSA) is 83.7 Å². The summed E-state index contributed by atoms with van der Waals surface area (Å²) in [6.07, 6.45) is 0. The van der Waals surface area contributed by atoms with Crippen LogP contribution in [0.4, 0.5) is 0 Å². The molecular formula is C56H30N4O2. The van der Waals surface area contributed by atoms with Gasteiger partial charge in [-0.3, -0.25) is 0 Å². The minimum atomic E-state index is 0.371. The number of aromatic nitrogens is 2. The summed E-state index contributed by atoms with van der Waals surface area (Å²) in [6, 6.07) is 67.1. The SMILES string of the molecule is N#Cc1cc(C#N)c(-n2c3ccc(-c4ccccc4)cc3c3c4oc5ccccc5c4ccc32)c(-n2c3ccc(-c4ccccc4)cc3c3c4oc5ccccc5c4ccc32)c1. The van der Waals surface area contributed by atoms with Gasteiger partial charge in [-0.25, -0.2) is 0 Å². The van der Waals surface area contributed by atoms with Crippen LogP contribution < -0.4 is 0 Å². The van der Waals surface area contributed by atoms with E-state index in [4.69, 9.17) is 8.83 Å². The van der Waals surface area contributed by atoms with E-state index in [0.29, 0.717) is 22.5 Å². The highest BCUT2D eigenvalue weighted by Crippen LogP contribution is 2.46. The van der Waals surface area contributed by atoms with E-state index in [1.54, 1.807) is 6.07 Å². The molecule has 6 nitrogen and oxygen atoms in total. The molecule has 286 valence electrons. The molecule has 0 aliphatic heterocycles. The molecule has 4 heterocycles. The second-order valence-corrected chi connectivity index (χ2v) is 15.9. The third-order valence-corrected chi connectivity index (χ3v) is 12.6. The molecule has 0 unspecified atom stereocenters. The van der Waals surface area contributed by atoms with Gasteiger partial charge >= 0.3 is 0 Å². The first-order chi connectivity index (χ1) is 30.7. The smallest absolute Gasteiger partial charge is 0.145 e. The zero-order valence-electron chi connectivity index (χ0n) is 32.9.